The molecule has 0 aromatic carbocycles. The first-order valence-corrected chi connectivity index (χ1v) is 12.7. The molecule has 1 saturated carbocycles. The quantitative estimate of drug-likeness (QED) is 0.598. The molecule has 2 saturated heterocycles. The Morgan fingerprint density at radius 2 is 1.82 bits per heavy atom. The Hall–Kier alpha value is -1.89. The van der Waals surface area contributed by atoms with E-state index in [1.165, 1.54) is 6.42 Å². The first-order valence-electron chi connectivity index (χ1n) is 12.7. The third kappa shape index (κ3) is 4.22. The van der Waals surface area contributed by atoms with Crippen LogP contribution in [-0.2, 0) is 19.1 Å². The zero-order valence-corrected chi connectivity index (χ0v) is 21.1. The molecular weight excluding hydrogens is 418 g/mol. The van der Waals surface area contributed by atoms with Crippen molar-refractivity contribution in [1.29, 1.82) is 0 Å². The molecule has 4 aliphatic rings. The molecule has 3 heterocycles. The van der Waals surface area contributed by atoms with Crippen molar-refractivity contribution in [2.75, 3.05) is 6.54 Å². The summed E-state index contributed by atoms with van der Waals surface area (Å²) in [5.41, 5.74) is -2.43. The Balaban J connectivity index is 1.67. The molecule has 3 aliphatic heterocycles. The molecule has 1 aliphatic carbocycles. The first kappa shape index (κ1) is 24.2. The maximum Gasteiger partial charge on any atom is 0.246 e. The molecule has 2 bridgehead atoms. The van der Waals surface area contributed by atoms with Crippen LogP contribution in [0, 0.1) is 17.8 Å². The summed E-state index contributed by atoms with van der Waals surface area (Å²) in [7, 11) is 0. The topological polar surface area (TPSA) is 87.7 Å². The normalized spacial score (nSPS) is 35.9. The van der Waals surface area contributed by atoms with E-state index in [2.05, 4.69) is 24.5 Å². The second-order valence-electron chi connectivity index (χ2n) is 12.1. The Morgan fingerprint density at radius 3 is 2.42 bits per heavy atom. The van der Waals surface area contributed by atoms with Gasteiger partial charge in [-0.1, -0.05) is 45.3 Å². The van der Waals surface area contributed by atoms with E-state index in [9.17, 15) is 14.4 Å². The van der Waals surface area contributed by atoms with Gasteiger partial charge in [-0.05, 0) is 52.9 Å². The zero-order chi connectivity index (χ0) is 24.2. The standard InChI is InChI=1S/C26H41N3O4/c1-16(2)12-15-29-20(22(31)28-24(3,4)5)26-14-13-25(6,33-26)18(19(26)23(29)32)21(30)27-17-10-8-7-9-11-17/h13-14,16-20H,7-12,15H2,1-6H3,(H,27,30)(H,28,31)/t18-,19+,20-,25-,26+/m1/s1. The summed E-state index contributed by atoms with van der Waals surface area (Å²) >= 11 is 0. The van der Waals surface area contributed by atoms with Crippen LogP contribution in [0.3, 0.4) is 0 Å². The third-order valence-corrected chi connectivity index (χ3v) is 7.72. The molecule has 7 heteroatoms. The molecule has 33 heavy (non-hydrogen) atoms. The highest BCUT2D eigenvalue weighted by molar-refractivity contribution is 6.00. The molecule has 2 N–H and O–H groups in total. The molecule has 3 fully saturated rings. The van der Waals surface area contributed by atoms with E-state index < -0.39 is 34.6 Å². The second kappa shape index (κ2) is 8.40. The van der Waals surface area contributed by atoms with E-state index >= 15 is 0 Å². The van der Waals surface area contributed by atoms with Crippen LogP contribution in [0.25, 0.3) is 0 Å². The monoisotopic (exact) mass is 459 g/mol. The summed E-state index contributed by atoms with van der Waals surface area (Å²) in [5, 5.41) is 6.29. The molecule has 5 atom stereocenters. The van der Waals surface area contributed by atoms with Crippen LogP contribution in [-0.4, -0.2) is 58.0 Å². The summed E-state index contributed by atoms with van der Waals surface area (Å²) < 4.78 is 6.55. The predicted molar refractivity (Wildman–Crippen MR) is 126 cm³/mol. The lowest BCUT2D eigenvalue weighted by Crippen LogP contribution is -2.58. The summed E-state index contributed by atoms with van der Waals surface area (Å²) in [5.74, 6) is -1.40. The third-order valence-electron chi connectivity index (χ3n) is 7.72. The molecule has 1 spiro atoms. The van der Waals surface area contributed by atoms with Gasteiger partial charge in [-0.2, -0.15) is 0 Å². The van der Waals surface area contributed by atoms with Crippen LogP contribution < -0.4 is 10.6 Å². The maximum absolute atomic E-state index is 13.9. The van der Waals surface area contributed by atoms with Crippen LogP contribution in [0.1, 0.15) is 80.1 Å². The molecule has 4 rings (SSSR count). The van der Waals surface area contributed by atoms with Gasteiger partial charge in [0.1, 0.15) is 11.6 Å². The fourth-order valence-electron chi connectivity index (χ4n) is 6.24. The van der Waals surface area contributed by atoms with Crippen LogP contribution in [0.15, 0.2) is 12.2 Å². The second-order valence-corrected chi connectivity index (χ2v) is 12.1. The largest absolute Gasteiger partial charge is 0.356 e. The highest BCUT2D eigenvalue weighted by atomic mass is 16.5. The maximum atomic E-state index is 13.9. The van der Waals surface area contributed by atoms with E-state index in [1.54, 1.807) is 4.90 Å². The van der Waals surface area contributed by atoms with E-state index in [1.807, 2.05) is 39.8 Å². The van der Waals surface area contributed by atoms with Gasteiger partial charge in [0.25, 0.3) is 0 Å². The molecule has 0 radical (unpaired) electrons. The number of fused-ring (bicyclic) bond motifs is 1. The van der Waals surface area contributed by atoms with Crippen molar-refractivity contribution in [3.8, 4) is 0 Å². The average molecular weight is 460 g/mol. The molecule has 0 aromatic rings. The minimum atomic E-state index is -1.10. The Labute approximate surface area is 198 Å². The Bertz CT molecular complexity index is 841. The van der Waals surface area contributed by atoms with Gasteiger partial charge in [-0.15, -0.1) is 0 Å². The fraction of sp³-hybridized carbons (Fsp3) is 0.808. The van der Waals surface area contributed by atoms with Gasteiger partial charge in [0, 0.05) is 18.1 Å². The highest BCUT2D eigenvalue weighted by Crippen LogP contribution is 2.59. The van der Waals surface area contributed by atoms with Crippen molar-refractivity contribution in [3.63, 3.8) is 0 Å². The number of carbonyl (C=O) groups excluding carboxylic acids is 3. The lowest BCUT2D eigenvalue weighted by molar-refractivity contribution is -0.145. The van der Waals surface area contributed by atoms with Crippen LogP contribution >= 0.6 is 0 Å². The number of carbonyl (C=O) groups is 3. The minimum absolute atomic E-state index is 0.116. The zero-order valence-electron chi connectivity index (χ0n) is 21.1. The minimum Gasteiger partial charge on any atom is -0.356 e. The number of nitrogens with zero attached hydrogens (tertiary/aromatic N) is 1. The Kier molecular flexibility index (Phi) is 6.17. The first-order chi connectivity index (χ1) is 15.4. The molecule has 7 nitrogen and oxygen atoms in total. The lowest BCUT2D eigenvalue weighted by atomic mass is 9.70. The smallest absolute Gasteiger partial charge is 0.246 e. The van der Waals surface area contributed by atoms with Gasteiger partial charge in [-0.3, -0.25) is 14.4 Å². The van der Waals surface area contributed by atoms with Gasteiger partial charge in [0.15, 0.2) is 0 Å². The lowest BCUT2D eigenvalue weighted by Gasteiger charge is -2.35. The van der Waals surface area contributed by atoms with Gasteiger partial charge in [0.05, 0.1) is 17.4 Å². The molecule has 3 amide bonds. The van der Waals surface area contributed by atoms with Crippen molar-refractivity contribution in [2.24, 2.45) is 17.8 Å². The number of nitrogens with one attached hydrogen (secondary N) is 2. The van der Waals surface area contributed by atoms with Crippen molar-refractivity contribution in [3.05, 3.63) is 12.2 Å². The Morgan fingerprint density at radius 1 is 1.15 bits per heavy atom. The van der Waals surface area contributed by atoms with Crippen LogP contribution in [0.2, 0.25) is 0 Å². The van der Waals surface area contributed by atoms with Crippen molar-refractivity contribution < 1.29 is 19.1 Å². The molecule has 0 unspecified atom stereocenters. The van der Waals surface area contributed by atoms with Gasteiger partial charge < -0.3 is 20.3 Å². The molecular formula is C26H41N3O4. The van der Waals surface area contributed by atoms with E-state index in [0.29, 0.717) is 12.5 Å². The number of amides is 3. The predicted octanol–water partition coefficient (Wildman–Crippen LogP) is 2.94. The summed E-state index contributed by atoms with van der Waals surface area (Å²) in [4.78, 5) is 42.7. The summed E-state index contributed by atoms with van der Waals surface area (Å²) in [6.07, 6.45) is 9.99. The van der Waals surface area contributed by atoms with Crippen LogP contribution in [0.5, 0.6) is 0 Å². The van der Waals surface area contributed by atoms with Crippen molar-refractivity contribution in [1.82, 2.24) is 15.5 Å². The number of hydrogen-bond acceptors (Lipinski definition) is 4. The summed E-state index contributed by atoms with van der Waals surface area (Å²) in [6.45, 7) is 12.4. The summed E-state index contributed by atoms with van der Waals surface area (Å²) in [6, 6.07) is -0.624. The van der Waals surface area contributed by atoms with Gasteiger partial charge >= 0.3 is 0 Å². The van der Waals surface area contributed by atoms with Crippen molar-refractivity contribution >= 4 is 17.7 Å². The van der Waals surface area contributed by atoms with Gasteiger partial charge in [-0.25, -0.2) is 0 Å². The van der Waals surface area contributed by atoms with E-state index in [0.717, 1.165) is 32.1 Å². The molecule has 0 aromatic heterocycles. The fourth-order valence-corrected chi connectivity index (χ4v) is 6.24. The number of rotatable bonds is 6. The van der Waals surface area contributed by atoms with Gasteiger partial charge in [0.2, 0.25) is 17.7 Å². The SMILES string of the molecule is CC(C)CCN1C(=O)[C@@H]2[C@H](C(=O)NC3CCCCC3)[C@@]3(C)C=C[C@@]2(O3)[C@H]1C(=O)NC(C)(C)C. The van der Waals surface area contributed by atoms with E-state index in [4.69, 9.17) is 4.74 Å². The van der Waals surface area contributed by atoms with E-state index in [-0.39, 0.29) is 23.8 Å². The average Bonchev–Trinajstić information content (AvgIpc) is 3.26. The van der Waals surface area contributed by atoms with Crippen LogP contribution in [0.4, 0.5) is 0 Å². The number of hydrogen-bond donors (Lipinski definition) is 2. The number of likely N-dealkylation sites (tertiary alicyclic amines) is 1. The van der Waals surface area contributed by atoms with Crippen molar-refractivity contribution in [2.45, 2.75) is 109 Å². The molecule has 184 valence electrons. The highest BCUT2D eigenvalue weighted by Gasteiger charge is 2.76. The number of ether oxygens (including phenoxy) is 1.